The van der Waals surface area contributed by atoms with Crippen LogP contribution in [-0.4, -0.2) is 38.6 Å². The maximum Gasteiger partial charge on any atom is 0.254 e. The van der Waals surface area contributed by atoms with Crippen LogP contribution in [0.5, 0.6) is 0 Å². The van der Waals surface area contributed by atoms with E-state index in [-0.39, 0.29) is 48.3 Å². The molecule has 0 bridgehead atoms. The number of nitrogens with one attached hydrogen (secondary N) is 2. The topological polar surface area (TPSA) is 138 Å². The van der Waals surface area contributed by atoms with Gasteiger partial charge in [0.05, 0.1) is 11.0 Å². The first-order chi connectivity index (χ1) is 23.8. The highest BCUT2D eigenvalue weighted by atomic mass is 35.5. The molecule has 0 radical (unpaired) electrons. The van der Waals surface area contributed by atoms with Crippen LogP contribution in [0.15, 0.2) is 127 Å². The minimum Gasteiger partial charge on any atom is -0.384 e. The van der Waals surface area contributed by atoms with Gasteiger partial charge < -0.3 is 20.9 Å². The zero-order chi connectivity index (χ0) is 34.3. The van der Waals surface area contributed by atoms with Crippen molar-refractivity contribution < 1.29 is 4.79 Å². The summed E-state index contributed by atoms with van der Waals surface area (Å²) in [4.78, 5) is 21.2. The van der Waals surface area contributed by atoms with Gasteiger partial charge >= 0.3 is 0 Å². The smallest absolute Gasteiger partial charge is 0.254 e. The summed E-state index contributed by atoms with van der Waals surface area (Å²) in [5.74, 6) is 1.07. The van der Waals surface area contributed by atoms with Crippen LogP contribution in [0.2, 0.25) is 0 Å². The molecule has 0 aliphatic heterocycles. The number of nitrogens with zero attached hydrogens (tertiary/aromatic N) is 3. The summed E-state index contributed by atoms with van der Waals surface area (Å²) in [7, 11) is 2.01. The van der Waals surface area contributed by atoms with Crippen molar-refractivity contribution in [3.05, 3.63) is 172 Å². The number of nitrogen functional groups attached to an aromatic ring is 2. The van der Waals surface area contributed by atoms with Gasteiger partial charge in [-0.3, -0.25) is 15.6 Å². The number of benzene rings is 5. The average Bonchev–Trinajstić information content (AvgIpc) is 3.45. The molecule has 0 aliphatic rings. The molecule has 0 spiro atoms. The number of fused-ring (bicyclic) bond motifs is 1. The molecule has 6 rings (SSSR count). The summed E-state index contributed by atoms with van der Waals surface area (Å²) in [6.45, 7) is 0.955. The summed E-state index contributed by atoms with van der Waals surface area (Å²) in [5, 5.41) is 15.4. The largest absolute Gasteiger partial charge is 0.384 e. The van der Waals surface area contributed by atoms with E-state index in [1.165, 1.54) is 11.1 Å². The first-order valence-electron chi connectivity index (χ1n) is 16.5. The van der Waals surface area contributed by atoms with Crippen LogP contribution >= 0.6 is 24.8 Å². The number of imidazole rings is 1. The zero-order valence-corrected chi connectivity index (χ0v) is 30.1. The van der Waals surface area contributed by atoms with Crippen LogP contribution in [0.1, 0.15) is 61.9 Å². The van der Waals surface area contributed by atoms with Gasteiger partial charge in [-0.2, -0.15) is 0 Å². The standard InChI is InChI=1S/C41H41N7O.2ClH/c1-47-37-22-21-34(26-36(37)46-38(47)23-16-28-12-17-32(18-13-28)39(42)43)41(49)48(27-29-14-19-33(20-15-29)40(44)45)25-24-35(30-8-4-2-5-9-30)31-10-6-3-7-11-31;;/h2-15,17-22,26,35H,16,23-25,27H2,1H3,(H3,42,43)(H3,44,45);2*1H. The number of aromatic nitrogens is 2. The molecule has 0 aliphatic carbocycles. The molecular weight excluding hydrogens is 677 g/mol. The SMILES string of the molecule is Cl.Cl.Cn1c(CCc2ccc(C(=N)N)cc2)nc2cc(C(=O)N(CCC(c3ccccc3)c3ccccc3)Cc3ccc(C(=N)N)cc3)ccc21. The Labute approximate surface area is 311 Å². The van der Waals surface area contributed by atoms with E-state index in [0.29, 0.717) is 29.8 Å². The maximum absolute atomic E-state index is 14.3. The van der Waals surface area contributed by atoms with Gasteiger partial charge in [0.15, 0.2) is 0 Å². The summed E-state index contributed by atoms with van der Waals surface area (Å²) < 4.78 is 2.09. The Morgan fingerprint density at radius 3 is 1.75 bits per heavy atom. The van der Waals surface area contributed by atoms with E-state index in [2.05, 4.69) is 53.1 Å². The van der Waals surface area contributed by atoms with E-state index in [1.807, 2.05) is 90.8 Å². The molecule has 51 heavy (non-hydrogen) atoms. The van der Waals surface area contributed by atoms with Gasteiger partial charge in [0, 0.05) is 49.2 Å². The molecule has 1 amide bonds. The predicted octanol–water partition coefficient (Wildman–Crippen LogP) is 7.63. The van der Waals surface area contributed by atoms with Crippen molar-refractivity contribution in [1.82, 2.24) is 14.5 Å². The lowest BCUT2D eigenvalue weighted by molar-refractivity contribution is 0.0739. The molecule has 5 aromatic carbocycles. The fraction of sp³-hybridized carbons (Fsp3) is 0.171. The Bertz CT molecular complexity index is 2040. The van der Waals surface area contributed by atoms with E-state index >= 15 is 0 Å². The molecule has 8 nitrogen and oxygen atoms in total. The second kappa shape index (κ2) is 17.5. The van der Waals surface area contributed by atoms with E-state index < -0.39 is 0 Å². The van der Waals surface area contributed by atoms with Crippen molar-refractivity contribution in [2.75, 3.05) is 6.54 Å². The molecule has 10 heteroatoms. The van der Waals surface area contributed by atoms with Crippen LogP contribution in [0.25, 0.3) is 11.0 Å². The fourth-order valence-corrected chi connectivity index (χ4v) is 6.34. The van der Waals surface area contributed by atoms with E-state index in [1.54, 1.807) is 0 Å². The number of amides is 1. The highest BCUT2D eigenvalue weighted by Crippen LogP contribution is 2.29. The third-order valence-electron chi connectivity index (χ3n) is 9.14. The highest BCUT2D eigenvalue weighted by molar-refractivity contribution is 5.98. The van der Waals surface area contributed by atoms with Gasteiger partial charge in [0.2, 0.25) is 0 Å². The molecule has 0 atom stereocenters. The predicted molar refractivity (Wildman–Crippen MR) is 212 cm³/mol. The molecule has 0 fully saturated rings. The number of hydrogen-bond acceptors (Lipinski definition) is 4. The second-order valence-corrected chi connectivity index (χ2v) is 12.4. The number of nitrogens with two attached hydrogens (primary N) is 2. The number of aryl methyl sites for hydroxylation is 3. The summed E-state index contributed by atoms with van der Waals surface area (Å²) >= 11 is 0. The highest BCUT2D eigenvalue weighted by Gasteiger charge is 2.22. The summed E-state index contributed by atoms with van der Waals surface area (Å²) in [5.41, 5.74) is 19.5. The van der Waals surface area contributed by atoms with Gasteiger partial charge in [-0.05, 0) is 53.3 Å². The Kier molecular flexibility index (Phi) is 13.1. The molecule has 1 aromatic heterocycles. The average molecular weight is 721 g/mol. The number of carbonyl (C=O) groups excluding carboxylic acids is 1. The van der Waals surface area contributed by atoms with Gasteiger partial charge in [-0.25, -0.2) is 4.98 Å². The Balaban J connectivity index is 0.00000292. The van der Waals surface area contributed by atoms with Crippen molar-refractivity contribution >= 4 is 53.4 Å². The molecule has 6 N–H and O–H groups in total. The molecular formula is C41H43Cl2N7O. The monoisotopic (exact) mass is 719 g/mol. The summed E-state index contributed by atoms with van der Waals surface area (Å²) in [6.07, 6.45) is 2.27. The minimum atomic E-state index is -0.0600. The lowest BCUT2D eigenvalue weighted by Crippen LogP contribution is -2.32. The van der Waals surface area contributed by atoms with Gasteiger partial charge in [0.25, 0.3) is 5.91 Å². The first kappa shape index (κ1) is 38.4. The van der Waals surface area contributed by atoms with Crippen molar-refractivity contribution in [2.45, 2.75) is 31.7 Å². The van der Waals surface area contributed by atoms with Crippen molar-refractivity contribution in [3.8, 4) is 0 Å². The molecule has 6 aromatic rings. The normalized spacial score (nSPS) is 10.7. The van der Waals surface area contributed by atoms with E-state index in [4.69, 9.17) is 27.3 Å². The van der Waals surface area contributed by atoms with Crippen LogP contribution < -0.4 is 11.5 Å². The molecule has 1 heterocycles. The van der Waals surface area contributed by atoms with Gasteiger partial charge in [-0.15, -0.1) is 24.8 Å². The first-order valence-corrected chi connectivity index (χ1v) is 16.5. The molecule has 262 valence electrons. The van der Waals surface area contributed by atoms with Crippen LogP contribution in [-0.2, 0) is 26.4 Å². The lowest BCUT2D eigenvalue weighted by atomic mass is 9.88. The van der Waals surface area contributed by atoms with Crippen molar-refractivity contribution in [3.63, 3.8) is 0 Å². The molecule has 0 saturated heterocycles. The number of rotatable bonds is 13. The van der Waals surface area contributed by atoms with Crippen LogP contribution in [0.4, 0.5) is 0 Å². The Morgan fingerprint density at radius 1 is 0.706 bits per heavy atom. The van der Waals surface area contributed by atoms with Crippen LogP contribution in [0, 0.1) is 10.8 Å². The van der Waals surface area contributed by atoms with Crippen LogP contribution in [0.3, 0.4) is 0 Å². The zero-order valence-electron chi connectivity index (χ0n) is 28.5. The number of hydrogen-bond donors (Lipinski definition) is 4. The van der Waals surface area contributed by atoms with E-state index in [0.717, 1.165) is 47.2 Å². The molecule has 0 unspecified atom stereocenters. The number of amidine groups is 2. The van der Waals surface area contributed by atoms with E-state index in [9.17, 15) is 4.79 Å². The van der Waals surface area contributed by atoms with Gasteiger partial charge in [-0.1, -0.05) is 109 Å². The van der Waals surface area contributed by atoms with Crippen molar-refractivity contribution in [2.24, 2.45) is 18.5 Å². The van der Waals surface area contributed by atoms with Gasteiger partial charge in [0.1, 0.15) is 17.5 Å². The minimum absolute atomic E-state index is 0. The third kappa shape index (κ3) is 9.22. The third-order valence-corrected chi connectivity index (χ3v) is 9.14. The summed E-state index contributed by atoms with van der Waals surface area (Å²) in [6, 6.07) is 42.0. The molecule has 0 saturated carbocycles. The lowest BCUT2D eigenvalue weighted by Gasteiger charge is -2.26. The quantitative estimate of drug-likeness (QED) is 0.0720. The maximum atomic E-state index is 14.3. The second-order valence-electron chi connectivity index (χ2n) is 12.4. The Hall–Kier alpha value is -5.44. The fourth-order valence-electron chi connectivity index (χ4n) is 6.34. The Morgan fingerprint density at radius 2 is 1.22 bits per heavy atom. The number of carbonyl (C=O) groups is 1. The number of halogens is 2. The van der Waals surface area contributed by atoms with Crippen molar-refractivity contribution in [1.29, 1.82) is 10.8 Å².